The number of fused-ring (bicyclic) bond motifs is 3. The van der Waals surface area contributed by atoms with Crippen LogP contribution in [-0.2, 0) is 4.74 Å². The van der Waals surface area contributed by atoms with E-state index in [1.165, 1.54) is 36.3 Å². The van der Waals surface area contributed by atoms with Gasteiger partial charge in [0.15, 0.2) is 5.82 Å². The molecule has 3 aliphatic rings. The topological polar surface area (TPSA) is 154 Å². The van der Waals surface area contributed by atoms with Gasteiger partial charge in [-0.05, 0) is 55.7 Å². The van der Waals surface area contributed by atoms with E-state index < -0.39 is 23.1 Å². The van der Waals surface area contributed by atoms with Crippen molar-refractivity contribution in [3.8, 4) is 41.2 Å². The Morgan fingerprint density at radius 1 is 1.04 bits per heavy atom. The van der Waals surface area contributed by atoms with Gasteiger partial charge in [0, 0.05) is 48.6 Å². The van der Waals surface area contributed by atoms with E-state index in [0.29, 0.717) is 76.2 Å². The minimum atomic E-state index is -2.97. The summed E-state index contributed by atoms with van der Waals surface area (Å²) in [5.74, 6) is 0.876. The molecular formula is C35H37F2N5O7. The lowest BCUT2D eigenvalue weighted by atomic mass is 9.75. The largest absolute Gasteiger partial charge is 0.508 e. The maximum absolute atomic E-state index is 17.0. The summed E-state index contributed by atoms with van der Waals surface area (Å²) in [4.78, 5) is 17.1. The first-order valence-electron chi connectivity index (χ1n) is 16.3. The fourth-order valence-corrected chi connectivity index (χ4v) is 7.90. The van der Waals surface area contributed by atoms with Crippen molar-refractivity contribution >= 4 is 27.5 Å². The van der Waals surface area contributed by atoms with Crippen LogP contribution >= 0.6 is 0 Å². The summed E-state index contributed by atoms with van der Waals surface area (Å²) >= 11 is 0. The molecule has 3 fully saturated rings. The first-order chi connectivity index (χ1) is 23.5. The number of ether oxygens (including phenoxy) is 3. The molecule has 0 radical (unpaired) electrons. The van der Waals surface area contributed by atoms with E-state index in [2.05, 4.69) is 15.9 Å². The Morgan fingerprint density at radius 3 is 2.63 bits per heavy atom. The summed E-state index contributed by atoms with van der Waals surface area (Å²) in [5, 5.41) is 41.6. The van der Waals surface area contributed by atoms with Crippen LogP contribution in [0.15, 0.2) is 24.3 Å². The van der Waals surface area contributed by atoms with Crippen LogP contribution in [0.4, 0.5) is 14.6 Å². The fourth-order valence-electron chi connectivity index (χ4n) is 7.90. The number of phenolic OH excluding ortho intramolecular Hbond substituents is 1. The molecule has 2 aromatic carbocycles. The zero-order chi connectivity index (χ0) is 34.5. The highest BCUT2D eigenvalue weighted by Gasteiger charge is 2.53. The Balaban J connectivity index is 1.40. The molecule has 4 N–H and O–H groups in total. The van der Waals surface area contributed by atoms with Gasteiger partial charge >= 0.3 is 12.1 Å². The number of pyridine rings is 1. The van der Waals surface area contributed by atoms with Crippen LogP contribution in [0.3, 0.4) is 0 Å². The first kappa shape index (κ1) is 33.1. The highest BCUT2D eigenvalue weighted by atomic mass is 19.1. The number of aromatic hydroxyl groups is 1. The average molecular weight is 678 g/mol. The summed E-state index contributed by atoms with van der Waals surface area (Å²) in [6, 6.07) is 4.79. The van der Waals surface area contributed by atoms with Crippen LogP contribution in [0, 0.1) is 29.4 Å². The van der Waals surface area contributed by atoms with Gasteiger partial charge in [0.2, 0.25) is 5.88 Å². The Labute approximate surface area is 280 Å². The molecule has 2 unspecified atom stereocenters. The number of benzene rings is 2. The third kappa shape index (κ3) is 5.85. The van der Waals surface area contributed by atoms with Crippen LogP contribution in [0.25, 0.3) is 32.9 Å². The second-order valence-corrected chi connectivity index (χ2v) is 12.9. The van der Waals surface area contributed by atoms with Gasteiger partial charge in [0.05, 0.1) is 25.9 Å². The molecular weight excluding hydrogens is 640 g/mol. The van der Waals surface area contributed by atoms with E-state index in [0.717, 1.165) is 6.42 Å². The van der Waals surface area contributed by atoms with Gasteiger partial charge in [-0.1, -0.05) is 18.4 Å². The van der Waals surface area contributed by atoms with Crippen molar-refractivity contribution in [2.75, 3.05) is 51.5 Å². The lowest BCUT2D eigenvalue weighted by molar-refractivity contribution is -0.409. The van der Waals surface area contributed by atoms with Crippen molar-refractivity contribution in [1.82, 2.24) is 19.9 Å². The molecule has 1 aliphatic carbocycles. The molecule has 4 heterocycles. The van der Waals surface area contributed by atoms with E-state index in [-0.39, 0.29) is 63.4 Å². The minimum Gasteiger partial charge on any atom is -0.508 e. The predicted octanol–water partition coefficient (Wildman–Crippen LogP) is 3.65. The molecule has 0 amide bonds. The van der Waals surface area contributed by atoms with Gasteiger partial charge in [-0.25, -0.2) is 18.7 Å². The molecule has 2 atom stereocenters. The number of nitrogens with zero attached hydrogens (tertiary/aromatic N) is 5. The molecule has 0 spiro atoms. The molecule has 2 saturated heterocycles. The molecule has 14 heteroatoms. The Bertz CT molecular complexity index is 1960. The van der Waals surface area contributed by atoms with Gasteiger partial charge < -0.3 is 39.5 Å². The van der Waals surface area contributed by atoms with Gasteiger partial charge in [-0.2, -0.15) is 9.97 Å². The molecule has 49 heavy (non-hydrogen) atoms. The second kappa shape index (κ2) is 12.8. The van der Waals surface area contributed by atoms with E-state index in [9.17, 15) is 24.8 Å². The number of hydrogen-bond acceptors (Lipinski definition) is 12. The number of terminal acetylenes is 1. The van der Waals surface area contributed by atoms with E-state index >= 15 is 4.39 Å². The second-order valence-electron chi connectivity index (χ2n) is 12.9. The van der Waals surface area contributed by atoms with Gasteiger partial charge in [-0.3, -0.25) is 0 Å². The summed E-state index contributed by atoms with van der Waals surface area (Å²) in [5.41, 5.74) is -1.06. The first-order valence-corrected chi connectivity index (χ1v) is 16.3. The summed E-state index contributed by atoms with van der Waals surface area (Å²) in [6.07, 6.45) is 6.84. The lowest BCUT2D eigenvalue weighted by Gasteiger charge is -2.48. The number of phenols is 1. The van der Waals surface area contributed by atoms with Crippen LogP contribution in [0.5, 0.6) is 17.6 Å². The molecule has 0 bridgehead atoms. The molecule has 2 aliphatic heterocycles. The highest BCUT2D eigenvalue weighted by molar-refractivity contribution is 6.04. The Hall–Kier alpha value is -4.39. The fraction of sp³-hybridized carbons (Fsp3) is 0.457. The van der Waals surface area contributed by atoms with E-state index in [1.54, 1.807) is 0 Å². The van der Waals surface area contributed by atoms with Crippen LogP contribution in [-0.4, -0.2) is 99.0 Å². The van der Waals surface area contributed by atoms with Crippen molar-refractivity contribution in [3.05, 3.63) is 41.5 Å². The smallest absolute Gasteiger partial charge is 0.346 e. The van der Waals surface area contributed by atoms with E-state index in [1.807, 2.05) is 4.90 Å². The third-order valence-corrected chi connectivity index (χ3v) is 10.1. The van der Waals surface area contributed by atoms with Crippen molar-refractivity contribution in [2.24, 2.45) is 5.41 Å². The van der Waals surface area contributed by atoms with Gasteiger partial charge in [0.1, 0.15) is 34.0 Å². The highest BCUT2D eigenvalue weighted by Crippen LogP contribution is 2.49. The van der Waals surface area contributed by atoms with Crippen LogP contribution in [0.2, 0.25) is 0 Å². The van der Waals surface area contributed by atoms with Crippen molar-refractivity contribution < 1.29 is 43.4 Å². The number of anilines is 1. The van der Waals surface area contributed by atoms with E-state index in [4.69, 9.17) is 25.6 Å². The third-order valence-electron chi connectivity index (χ3n) is 10.1. The molecule has 258 valence electrons. The molecule has 4 aromatic rings. The van der Waals surface area contributed by atoms with Gasteiger partial charge in [-0.15, -0.1) is 6.42 Å². The summed E-state index contributed by atoms with van der Waals surface area (Å²) in [6.45, 7) is 2.30. The number of halogens is 2. The maximum atomic E-state index is 17.0. The van der Waals surface area contributed by atoms with Gasteiger partial charge in [0.25, 0.3) is 0 Å². The van der Waals surface area contributed by atoms with Crippen molar-refractivity contribution in [1.29, 1.82) is 0 Å². The SMILES string of the molecule is C#Cc1c(F)ccc2cc(O)cc(-c3nc(OC)c4c(N5CCCOCC5)nc(OCC56CCCC5N(C(O)(O)O)CCC6)nc4c3F)c12. The van der Waals surface area contributed by atoms with Crippen LogP contribution in [0.1, 0.15) is 44.1 Å². The zero-order valence-corrected chi connectivity index (χ0v) is 27.0. The molecule has 1 saturated carbocycles. The Morgan fingerprint density at radius 2 is 1.86 bits per heavy atom. The standard InChI is InChI=1S/C35H37F2N5O7/c1-3-22-24(36)9-8-20-17-21(43)18-23(26(20)22)29-28(37)30-27(32(38-29)47-2)31(41-12-6-15-48-16-14-41)40-33(39-30)49-19-34-10-4-7-25(34)42(13-5-11-34)35(44,45)46/h1,8-9,17-18,25,43-46H,4-7,10-16,19H2,2H3. The number of rotatable bonds is 7. The number of methoxy groups -OCH3 is 1. The Kier molecular flexibility index (Phi) is 8.66. The molecule has 2 aromatic heterocycles. The molecule has 12 nitrogen and oxygen atoms in total. The number of likely N-dealkylation sites (tertiary alicyclic amines) is 1. The van der Waals surface area contributed by atoms with Crippen molar-refractivity contribution in [3.63, 3.8) is 0 Å². The summed E-state index contributed by atoms with van der Waals surface area (Å²) in [7, 11) is 1.38. The number of aromatic nitrogens is 3. The normalized spacial score (nSPS) is 21.8. The molecule has 7 rings (SSSR count). The lowest BCUT2D eigenvalue weighted by Crippen LogP contribution is -2.61. The predicted molar refractivity (Wildman–Crippen MR) is 175 cm³/mol. The monoisotopic (exact) mass is 677 g/mol. The van der Waals surface area contributed by atoms with Crippen LogP contribution < -0.4 is 14.4 Å². The minimum absolute atomic E-state index is 0.00387. The van der Waals surface area contributed by atoms with Crippen molar-refractivity contribution in [2.45, 2.75) is 50.7 Å². The maximum Gasteiger partial charge on any atom is 0.346 e. The average Bonchev–Trinajstić information content (AvgIpc) is 3.33. The number of aliphatic hydroxyl groups is 3. The zero-order valence-electron chi connectivity index (χ0n) is 27.0. The summed E-state index contributed by atoms with van der Waals surface area (Å²) < 4.78 is 49.7. The number of piperidine rings is 1. The quantitative estimate of drug-likeness (QED) is 0.167. The number of hydrogen-bond donors (Lipinski definition) is 4.